The molecule has 0 fully saturated rings. The van der Waals surface area contributed by atoms with Crippen molar-refractivity contribution in [3.05, 3.63) is 75.4 Å². The first kappa shape index (κ1) is 14.9. The average molecular weight is 355 g/mol. The Morgan fingerprint density at radius 1 is 1.05 bits per heavy atom. The van der Waals surface area contributed by atoms with Gasteiger partial charge in [0, 0.05) is 4.47 Å². The summed E-state index contributed by atoms with van der Waals surface area (Å²) in [6.07, 6.45) is 1.04. The minimum atomic E-state index is -3.95. The van der Waals surface area contributed by atoms with Crippen LogP contribution in [0.1, 0.15) is 11.1 Å². The largest absolute Gasteiger partial charge is 0.221 e. The van der Waals surface area contributed by atoms with E-state index in [0.717, 1.165) is 10.5 Å². The molecule has 0 aliphatic heterocycles. The Morgan fingerprint density at radius 2 is 1.65 bits per heavy atom. The van der Waals surface area contributed by atoms with E-state index < -0.39 is 15.0 Å². The summed E-state index contributed by atoms with van der Waals surface area (Å²) >= 11 is 3.26. The van der Waals surface area contributed by atoms with Crippen molar-refractivity contribution in [3.8, 4) is 0 Å². The Hall–Kier alpha value is -1.46. The number of hydrogen-bond acceptors (Lipinski definition) is 2. The highest BCUT2D eigenvalue weighted by Crippen LogP contribution is 2.20. The van der Waals surface area contributed by atoms with E-state index in [0.29, 0.717) is 11.1 Å². The van der Waals surface area contributed by atoms with Gasteiger partial charge in [0.05, 0.1) is 5.75 Å². The second kappa shape index (κ2) is 6.33. The summed E-state index contributed by atoms with van der Waals surface area (Å²) in [6.45, 7) is 0. The van der Waals surface area contributed by atoms with Gasteiger partial charge in [0.1, 0.15) is 0 Å². The fraction of sp³-hybridized carbons (Fsp3) is 0.0667. The molecule has 0 saturated carbocycles. The minimum absolute atomic E-state index is 0.352. The fourth-order valence-electron chi connectivity index (χ4n) is 1.64. The molecule has 0 aliphatic rings. The summed E-state index contributed by atoms with van der Waals surface area (Å²) in [7, 11) is -3.95. The number of hydrogen-bond donors (Lipinski definition) is 0. The zero-order valence-electron chi connectivity index (χ0n) is 10.5. The first-order valence-corrected chi connectivity index (χ1v) is 8.31. The Labute approximate surface area is 126 Å². The predicted octanol–water partition coefficient (Wildman–Crippen LogP) is 4.33. The molecule has 0 saturated heterocycles. The van der Waals surface area contributed by atoms with Gasteiger partial charge in [-0.05, 0) is 29.3 Å². The standard InChI is InChI=1S/C15H12BrFO2S/c16-14-8-6-13(7-9-14)11-20(18,19)15(17)10-12-4-2-1-3-5-12/h1-10H,11H2/b15-10+. The third-order valence-electron chi connectivity index (χ3n) is 2.65. The van der Waals surface area contributed by atoms with Gasteiger partial charge >= 0.3 is 0 Å². The van der Waals surface area contributed by atoms with E-state index in [1.807, 2.05) is 0 Å². The third kappa shape index (κ3) is 4.02. The lowest BCUT2D eigenvalue weighted by Gasteiger charge is -2.03. The highest BCUT2D eigenvalue weighted by atomic mass is 79.9. The van der Waals surface area contributed by atoms with Crippen LogP contribution in [0.4, 0.5) is 4.39 Å². The van der Waals surface area contributed by atoms with Gasteiger partial charge in [-0.1, -0.05) is 58.4 Å². The van der Waals surface area contributed by atoms with E-state index in [4.69, 9.17) is 0 Å². The van der Waals surface area contributed by atoms with Crippen molar-refractivity contribution in [1.82, 2.24) is 0 Å². The number of rotatable bonds is 4. The lowest BCUT2D eigenvalue weighted by atomic mass is 10.2. The molecule has 0 aromatic heterocycles. The molecular weight excluding hydrogens is 343 g/mol. The fourth-order valence-corrected chi connectivity index (χ4v) is 2.99. The van der Waals surface area contributed by atoms with Gasteiger partial charge in [-0.15, -0.1) is 0 Å². The summed E-state index contributed by atoms with van der Waals surface area (Å²) in [6, 6.07) is 15.3. The molecule has 0 unspecified atom stereocenters. The molecule has 0 amide bonds. The van der Waals surface area contributed by atoms with Crippen molar-refractivity contribution in [2.45, 2.75) is 5.75 Å². The van der Waals surface area contributed by atoms with Gasteiger partial charge < -0.3 is 0 Å². The number of halogens is 2. The molecule has 0 radical (unpaired) electrons. The van der Waals surface area contributed by atoms with E-state index in [1.165, 1.54) is 0 Å². The first-order valence-electron chi connectivity index (χ1n) is 5.87. The minimum Gasteiger partial charge on any atom is -0.221 e. The maximum Gasteiger partial charge on any atom is 0.215 e. The average Bonchev–Trinajstić information content (AvgIpc) is 2.42. The lowest BCUT2D eigenvalue weighted by molar-refractivity contribution is 0.578. The first-order chi connectivity index (χ1) is 9.47. The van der Waals surface area contributed by atoms with Crippen molar-refractivity contribution < 1.29 is 12.8 Å². The van der Waals surface area contributed by atoms with Crippen LogP contribution < -0.4 is 0 Å². The van der Waals surface area contributed by atoms with Gasteiger partial charge in [0.15, 0.2) is 0 Å². The van der Waals surface area contributed by atoms with Crippen LogP contribution in [-0.2, 0) is 15.6 Å². The summed E-state index contributed by atoms with van der Waals surface area (Å²) in [4.78, 5) is 0. The van der Waals surface area contributed by atoms with Gasteiger partial charge in [0.2, 0.25) is 15.0 Å². The van der Waals surface area contributed by atoms with Crippen molar-refractivity contribution >= 4 is 31.8 Å². The summed E-state index contributed by atoms with van der Waals surface area (Å²) in [5, 5.41) is -1.12. The smallest absolute Gasteiger partial charge is 0.215 e. The molecule has 0 bridgehead atoms. The summed E-state index contributed by atoms with van der Waals surface area (Å²) in [5.74, 6) is -0.352. The van der Waals surface area contributed by atoms with Gasteiger partial charge in [-0.3, -0.25) is 0 Å². The molecule has 104 valence electrons. The SMILES string of the molecule is O=S(=O)(Cc1ccc(Br)cc1)/C(F)=C/c1ccccc1. The van der Waals surface area contributed by atoms with Crippen molar-refractivity contribution in [2.75, 3.05) is 0 Å². The van der Waals surface area contributed by atoms with Gasteiger partial charge in [0.25, 0.3) is 0 Å². The van der Waals surface area contributed by atoms with E-state index in [9.17, 15) is 12.8 Å². The molecule has 2 aromatic carbocycles. The molecule has 0 atom stereocenters. The van der Waals surface area contributed by atoms with Gasteiger partial charge in [-0.25, -0.2) is 8.42 Å². The molecule has 2 aromatic rings. The molecule has 0 heterocycles. The van der Waals surface area contributed by atoms with Crippen LogP contribution in [0, 0.1) is 0 Å². The highest BCUT2D eigenvalue weighted by Gasteiger charge is 2.18. The van der Waals surface area contributed by atoms with Crippen molar-refractivity contribution in [3.63, 3.8) is 0 Å². The Bertz CT molecular complexity index is 707. The highest BCUT2D eigenvalue weighted by molar-refractivity contribution is 9.10. The number of benzene rings is 2. The molecule has 2 nitrogen and oxygen atoms in total. The zero-order chi connectivity index (χ0) is 14.6. The van der Waals surface area contributed by atoms with Crippen LogP contribution >= 0.6 is 15.9 Å². The second-order valence-corrected chi connectivity index (χ2v) is 7.07. The van der Waals surface area contributed by atoms with Crippen molar-refractivity contribution in [1.29, 1.82) is 0 Å². The number of sulfone groups is 1. The molecule has 0 spiro atoms. The van der Waals surface area contributed by atoms with E-state index >= 15 is 0 Å². The predicted molar refractivity (Wildman–Crippen MR) is 82.3 cm³/mol. The molecule has 0 aliphatic carbocycles. The normalized spacial score (nSPS) is 12.4. The van der Waals surface area contributed by atoms with Gasteiger partial charge in [-0.2, -0.15) is 4.39 Å². The molecule has 2 rings (SSSR count). The third-order valence-corrected chi connectivity index (χ3v) is 4.60. The van der Waals surface area contributed by atoms with Crippen LogP contribution in [0.15, 0.2) is 64.2 Å². The Balaban J connectivity index is 2.22. The molecule has 5 heteroatoms. The van der Waals surface area contributed by atoms with Crippen molar-refractivity contribution in [2.24, 2.45) is 0 Å². The zero-order valence-corrected chi connectivity index (χ0v) is 12.9. The monoisotopic (exact) mass is 354 g/mol. The Kier molecular flexibility index (Phi) is 4.73. The van der Waals surface area contributed by atoms with E-state index in [-0.39, 0.29) is 5.75 Å². The summed E-state index contributed by atoms with van der Waals surface area (Å²) < 4.78 is 38.6. The lowest BCUT2D eigenvalue weighted by Crippen LogP contribution is -2.04. The summed E-state index contributed by atoms with van der Waals surface area (Å²) in [5.41, 5.74) is 1.06. The van der Waals surface area contributed by atoms with Crippen LogP contribution in [0.5, 0.6) is 0 Å². The molecular formula is C15H12BrFO2S. The van der Waals surface area contributed by atoms with Crippen LogP contribution in [0.25, 0.3) is 6.08 Å². The quantitative estimate of drug-likeness (QED) is 0.818. The molecule has 0 N–H and O–H groups in total. The van der Waals surface area contributed by atoms with E-state index in [1.54, 1.807) is 54.6 Å². The maximum absolute atomic E-state index is 13.9. The van der Waals surface area contributed by atoms with Crippen LogP contribution in [0.3, 0.4) is 0 Å². The maximum atomic E-state index is 13.9. The van der Waals surface area contributed by atoms with Crippen LogP contribution in [0.2, 0.25) is 0 Å². The Morgan fingerprint density at radius 3 is 2.25 bits per heavy atom. The topological polar surface area (TPSA) is 34.1 Å². The van der Waals surface area contributed by atoms with E-state index in [2.05, 4.69) is 15.9 Å². The van der Waals surface area contributed by atoms with Crippen LogP contribution in [-0.4, -0.2) is 8.42 Å². The molecule has 20 heavy (non-hydrogen) atoms. The second-order valence-electron chi connectivity index (χ2n) is 4.24.